The van der Waals surface area contributed by atoms with Gasteiger partial charge in [0, 0.05) is 10.3 Å². The van der Waals surface area contributed by atoms with Crippen LogP contribution in [0.5, 0.6) is 0 Å². The number of anilines is 1. The van der Waals surface area contributed by atoms with Gasteiger partial charge in [-0.3, -0.25) is 4.79 Å². The summed E-state index contributed by atoms with van der Waals surface area (Å²) in [5.41, 5.74) is 1.51. The molecule has 0 saturated carbocycles. The SMILES string of the molecule is CCC(C)(C)[C@H]1CCc2c(sc(NC(=O)c3cc4ccccc4oc3=O)c2C#N)C1. The first-order valence-electron chi connectivity index (χ1n) is 10.2. The largest absolute Gasteiger partial charge is 0.422 e. The van der Waals surface area contributed by atoms with E-state index in [1.807, 2.05) is 6.07 Å². The lowest BCUT2D eigenvalue weighted by atomic mass is 9.69. The summed E-state index contributed by atoms with van der Waals surface area (Å²) < 4.78 is 5.28. The first-order valence-corrected chi connectivity index (χ1v) is 11.0. The number of carbonyl (C=O) groups is 1. The zero-order valence-electron chi connectivity index (χ0n) is 17.4. The maximum atomic E-state index is 12.9. The van der Waals surface area contributed by atoms with Crippen molar-refractivity contribution in [3.63, 3.8) is 0 Å². The van der Waals surface area contributed by atoms with Crippen LogP contribution in [0.1, 0.15) is 60.0 Å². The number of thiophene rings is 1. The minimum absolute atomic E-state index is 0.0612. The van der Waals surface area contributed by atoms with Crippen molar-refractivity contribution in [1.82, 2.24) is 0 Å². The first kappa shape index (κ1) is 20.4. The number of benzene rings is 1. The zero-order valence-corrected chi connectivity index (χ0v) is 18.2. The highest BCUT2D eigenvalue weighted by Gasteiger charge is 2.34. The second-order valence-electron chi connectivity index (χ2n) is 8.54. The minimum atomic E-state index is -0.684. The zero-order chi connectivity index (χ0) is 21.5. The number of rotatable bonds is 4. The summed E-state index contributed by atoms with van der Waals surface area (Å²) in [5.74, 6) is 0.00585. The van der Waals surface area contributed by atoms with Crippen LogP contribution in [0, 0.1) is 22.7 Å². The van der Waals surface area contributed by atoms with Crippen LogP contribution in [0.25, 0.3) is 11.0 Å². The van der Waals surface area contributed by atoms with Crippen molar-refractivity contribution in [2.24, 2.45) is 11.3 Å². The Hall–Kier alpha value is -2.91. The van der Waals surface area contributed by atoms with E-state index in [1.54, 1.807) is 18.2 Å². The molecule has 0 fully saturated rings. The van der Waals surface area contributed by atoms with Crippen molar-refractivity contribution < 1.29 is 9.21 Å². The van der Waals surface area contributed by atoms with Gasteiger partial charge in [0.15, 0.2) is 0 Å². The minimum Gasteiger partial charge on any atom is -0.422 e. The summed E-state index contributed by atoms with van der Waals surface area (Å²) >= 11 is 1.46. The monoisotopic (exact) mass is 420 g/mol. The maximum absolute atomic E-state index is 12.9. The van der Waals surface area contributed by atoms with Crippen molar-refractivity contribution in [3.05, 3.63) is 62.3 Å². The molecule has 5 nitrogen and oxygen atoms in total. The smallest absolute Gasteiger partial charge is 0.349 e. The normalized spacial score (nSPS) is 16.1. The second-order valence-corrected chi connectivity index (χ2v) is 9.65. The highest BCUT2D eigenvalue weighted by molar-refractivity contribution is 7.16. The standard InChI is InChI=1S/C24H24N2O3S/c1-4-24(2,3)15-9-10-16-18(13-25)22(30-20(16)12-15)26-21(27)17-11-14-7-5-6-8-19(14)29-23(17)28/h5-8,11,15H,4,9-10,12H2,1-3H3,(H,26,27)/t15-/m0/s1. The van der Waals surface area contributed by atoms with E-state index in [4.69, 9.17) is 4.42 Å². The molecule has 1 N–H and O–H groups in total. The number of para-hydroxylation sites is 1. The molecule has 1 amide bonds. The molecule has 1 aliphatic rings. The summed E-state index contributed by atoms with van der Waals surface area (Å²) in [6, 6.07) is 10.9. The van der Waals surface area contributed by atoms with Crippen LogP contribution in [0.15, 0.2) is 39.5 Å². The van der Waals surface area contributed by atoms with Crippen molar-refractivity contribution in [1.29, 1.82) is 5.26 Å². The van der Waals surface area contributed by atoms with Gasteiger partial charge in [0.1, 0.15) is 22.2 Å². The Kier molecular flexibility index (Phi) is 5.25. The Morgan fingerprint density at radius 1 is 1.37 bits per heavy atom. The molecule has 6 heteroatoms. The van der Waals surface area contributed by atoms with Crippen LogP contribution in [0.3, 0.4) is 0 Å². The van der Waals surface area contributed by atoms with E-state index in [1.165, 1.54) is 22.3 Å². The Balaban J connectivity index is 1.65. The van der Waals surface area contributed by atoms with Crippen molar-refractivity contribution in [3.8, 4) is 6.07 Å². The number of hydrogen-bond donors (Lipinski definition) is 1. The number of fused-ring (bicyclic) bond motifs is 2. The summed E-state index contributed by atoms with van der Waals surface area (Å²) in [5, 5.41) is 13.7. The molecule has 154 valence electrons. The van der Waals surface area contributed by atoms with Crippen molar-refractivity contribution in [2.75, 3.05) is 5.32 Å². The summed E-state index contributed by atoms with van der Waals surface area (Å²) in [4.78, 5) is 26.3. The summed E-state index contributed by atoms with van der Waals surface area (Å²) in [6.45, 7) is 6.80. The van der Waals surface area contributed by atoms with E-state index in [0.717, 1.165) is 31.2 Å². The number of carbonyl (C=O) groups excluding carboxylic acids is 1. The van der Waals surface area contributed by atoms with Gasteiger partial charge in [0.25, 0.3) is 5.91 Å². The number of nitrogens with zero attached hydrogens (tertiary/aromatic N) is 1. The van der Waals surface area contributed by atoms with Gasteiger partial charge in [-0.25, -0.2) is 4.79 Å². The Morgan fingerprint density at radius 2 is 2.13 bits per heavy atom. The van der Waals surface area contributed by atoms with E-state index in [9.17, 15) is 14.9 Å². The van der Waals surface area contributed by atoms with E-state index < -0.39 is 11.5 Å². The van der Waals surface area contributed by atoms with Gasteiger partial charge in [0.05, 0.1) is 5.56 Å². The average molecular weight is 421 g/mol. The maximum Gasteiger partial charge on any atom is 0.349 e. The quantitative estimate of drug-likeness (QED) is 0.563. The number of nitriles is 1. The molecule has 4 rings (SSSR count). The van der Waals surface area contributed by atoms with Gasteiger partial charge < -0.3 is 9.73 Å². The molecule has 30 heavy (non-hydrogen) atoms. The molecule has 1 aliphatic carbocycles. The fourth-order valence-corrected chi connectivity index (χ4v) is 5.41. The molecule has 0 bridgehead atoms. The highest BCUT2D eigenvalue weighted by Crippen LogP contribution is 2.45. The van der Waals surface area contributed by atoms with E-state index in [-0.39, 0.29) is 11.0 Å². The van der Waals surface area contributed by atoms with Crippen LogP contribution in [0.4, 0.5) is 5.00 Å². The summed E-state index contributed by atoms with van der Waals surface area (Å²) in [6.07, 6.45) is 3.91. The Morgan fingerprint density at radius 3 is 2.87 bits per heavy atom. The fourth-order valence-electron chi connectivity index (χ4n) is 4.14. The van der Waals surface area contributed by atoms with Crippen LogP contribution in [-0.2, 0) is 12.8 Å². The molecular formula is C24H24N2O3S. The molecule has 2 aromatic heterocycles. The molecule has 0 aliphatic heterocycles. The molecule has 1 aromatic carbocycles. The predicted molar refractivity (Wildman–Crippen MR) is 119 cm³/mol. The van der Waals surface area contributed by atoms with Gasteiger partial charge >= 0.3 is 5.63 Å². The van der Waals surface area contributed by atoms with Gasteiger partial charge in [-0.1, -0.05) is 45.4 Å². The fraction of sp³-hybridized carbons (Fsp3) is 0.375. The lowest BCUT2D eigenvalue weighted by Gasteiger charge is -2.36. The molecule has 0 spiro atoms. The van der Waals surface area contributed by atoms with Gasteiger partial charge in [-0.05, 0) is 48.3 Å². The van der Waals surface area contributed by atoms with E-state index >= 15 is 0 Å². The highest BCUT2D eigenvalue weighted by atomic mass is 32.1. The molecule has 2 heterocycles. The Labute approximate surface area is 179 Å². The second kappa shape index (κ2) is 7.73. The van der Waals surface area contributed by atoms with E-state index in [0.29, 0.717) is 27.5 Å². The summed E-state index contributed by atoms with van der Waals surface area (Å²) in [7, 11) is 0. The molecule has 0 radical (unpaired) electrons. The molecule has 3 aromatic rings. The molecule has 0 unspecified atom stereocenters. The van der Waals surface area contributed by atoms with Crippen molar-refractivity contribution in [2.45, 2.75) is 46.5 Å². The third-order valence-corrected chi connectivity index (χ3v) is 7.68. The van der Waals surface area contributed by atoms with Crippen LogP contribution in [0.2, 0.25) is 0 Å². The van der Waals surface area contributed by atoms with Gasteiger partial charge in [-0.2, -0.15) is 5.26 Å². The molecule has 0 saturated heterocycles. The number of hydrogen-bond acceptors (Lipinski definition) is 5. The third-order valence-electron chi connectivity index (χ3n) is 6.51. The molecular weight excluding hydrogens is 396 g/mol. The average Bonchev–Trinajstić information content (AvgIpc) is 3.09. The van der Waals surface area contributed by atoms with Crippen LogP contribution >= 0.6 is 11.3 Å². The van der Waals surface area contributed by atoms with Crippen LogP contribution < -0.4 is 10.9 Å². The lowest BCUT2D eigenvalue weighted by molar-refractivity contribution is 0.102. The first-order chi connectivity index (χ1) is 14.3. The van der Waals surface area contributed by atoms with Crippen LogP contribution in [-0.4, -0.2) is 5.91 Å². The number of amides is 1. The van der Waals surface area contributed by atoms with Gasteiger partial charge in [-0.15, -0.1) is 11.3 Å². The Bertz CT molecular complexity index is 1230. The lowest BCUT2D eigenvalue weighted by Crippen LogP contribution is -2.28. The number of nitrogens with one attached hydrogen (secondary N) is 1. The van der Waals surface area contributed by atoms with E-state index in [2.05, 4.69) is 32.2 Å². The molecule has 1 atom stereocenters. The van der Waals surface area contributed by atoms with Gasteiger partial charge in [0.2, 0.25) is 0 Å². The van der Waals surface area contributed by atoms with Crippen molar-refractivity contribution >= 4 is 33.2 Å². The topological polar surface area (TPSA) is 83.1 Å². The predicted octanol–water partition coefficient (Wildman–Crippen LogP) is 5.52. The third kappa shape index (κ3) is 3.54.